The molecule has 4 nitrogen and oxygen atoms in total. The molecule has 0 radical (unpaired) electrons. The van der Waals surface area contributed by atoms with Gasteiger partial charge >= 0.3 is 0 Å². The number of anilines is 1. The third-order valence-corrected chi connectivity index (χ3v) is 4.11. The second-order valence-corrected chi connectivity index (χ2v) is 5.51. The third-order valence-electron chi connectivity index (χ3n) is 2.24. The molecule has 0 amide bonds. The molecule has 84 valence electrons. The summed E-state index contributed by atoms with van der Waals surface area (Å²) in [4.78, 5) is 0.288. The monoisotopic (exact) mass is 229 g/mol. The number of nitrogen functional groups attached to an aromatic ring is 1. The van der Waals surface area contributed by atoms with Crippen LogP contribution in [0.15, 0.2) is 17.0 Å². The highest BCUT2D eigenvalue weighted by atomic mass is 32.2. The number of ether oxygens (including phenoxy) is 1. The van der Waals surface area contributed by atoms with Crippen molar-refractivity contribution < 1.29 is 13.2 Å². The molecular formula is C10H15NO3S. The fourth-order valence-electron chi connectivity index (χ4n) is 1.36. The average molecular weight is 229 g/mol. The van der Waals surface area contributed by atoms with Crippen molar-refractivity contribution in [3.05, 3.63) is 17.7 Å². The van der Waals surface area contributed by atoms with Gasteiger partial charge in [0, 0.05) is 6.07 Å². The largest absolute Gasteiger partial charge is 0.495 e. The van der Waals surface area contributed by atoms with Crippen molar-refractivity contribution >= 4 is 15.5 Å². The molecule has 0 aliphatic heterocycles. The van der Waals surface area contributed by atoms with E-state index in [1.165, 1.54) is 13.2 Å². The molecule has 0 saturated heterocycles. The lowest BCUT2D eigenvalue weighted by atomic mass is 10.2. The first kappa shape index (κ1) is 11.8. The predicted molar refractivity (Wildman–Crippen MR) is 59.9 cm³/mol. The zero-order valence-corrected chi connectivity index (χ0v) is 9.89. The van der Waals surface area contributed by atoms with E-state index in [9.17, 15) is 8.42 Å². The van der Waals surface area contributed by atoms with Gasteiger partial charge < -0.3 is 10.5 Å². The van der Waals surface area contributed by atoms with Crippen LogP contribution in [0.5, 0.6) is 5.75 Å². The molecule has 1 rings (SSSR count). The van der Waals surface area contributed by atoms with E-state index in [-0.39, 0.29) is 10.6 Å². The average Bonchev–Trinajstić information content (AvgIpc) is 2.17. The molecule has 0 heterocycles. The quantitative estimate of drug-likeness (QED) is 0.795. The second-order valence-electron chi connectivity index (χ2n) is 3.26. The summed E-state index contributed by atoms with van der Waals surface area (Å²) in [5, 5.41) is 0. The van der Waals surface area contributed by atoms with Crippen molar-refractivity contribution in [1.29, 1.82) is 0 Å². The number of hydrogen-bond acceptors (Lipinski definition) is 4. The van der Waals surface area contributed by atoms with Crippen molar-refractivity contribution in [2.75, 3.05) is 18.6 Å². The normalized spacial score (nSPS) is 11.4. The maximum Gasteiger partial charge on any atom is 0.178 e. The molecule has 15 heavy (non-hydrogen) atoms. The minimum Gasteiger partial charge on any atom is -0.495 e. The first-order valence-corrected chi connectivity index (χ1v) is 6.24. The highest BCUT2D eigenvalue weighted by Crippen LogP contribution is 2.28. The van der Waals surface area contributed by atoms with Crippen molar-refractivity contribution in [3.63, 3.8) is 0 Å². The zero-order valence-electron chi connectivity index (χ0n) is 9.07. The summed E-state index contributed by atoms with van der Waals surface area (Å²) in [6.45, 7) is 3.33. The predicted octanol–water partition coefficient (Wildman–Crippen LogP) is 1.38. The molecule has 0 fully saturated rings. The van der Waals surface area contributed by atoms with E-state index in [1.807, 2.05) is 0 Å². The maximum atomic E-state index is 11.7. The van der Waals surface area contributed by atoms with Gasteiger partial charge in [-0.2, -0.15) is 0 Å². The number of hydrogen-bond donors (Lipinski definition) is 1. The molecule has 0 saturated carbocycles. The SMILES string of the molecule is CCS(=O)(=O)c1cc(OC)c(N)cc1C. The Hall–Kier alpha value is -1.23. The number of benzene rings is 1. The fraction of sp³-hybridized carbons (Fsp3) is 0.400. The smallest absolute Gasteiger partial charge is 0.178 e. The minimum atomic E-state index is -3.21. The fourth-order valence-corrected chi connectivity index (χ4v) is 2.51. The van der Waals surface area contributed by atoms with Crippen LogP contribution in [0, 0.1) is 6.92 Å². The Morgan fingerprint density at radius 1 is 1.40 bits per heavy atom. The van der Waals surface area contributed by atoms with Gasteiger partial charge in [0.2, 0.25) is 0 Å². The van der Waals surface area contributed by atoms with Crippen LogP contribution in [0.1, 0.15) is 12.5 Å². The lowest BCUT2D eigenvalue weighted by Gasteiger charge is -2.10. The van der Waals surface area contributed by atoms with Crippen molar-refractivity contribution in [2.24, 2.45) is 0 Å². The summed E-state index contributed by atoms with van der Waals surface area (Å²) in [6.07, 6.45) is 0. The van der Waals surface area contributed by atoms with Crippen LogP contribution in [-0.4, -0.2) is 21.3 Å². The van der Waals surface area contributed by atoms with E-state index in [1.54, 1.807) is 19.9 Å². The van der Waals surface area contributed by atoms with Gasteiger partial charge in [-0.25, -0.2) is 8.42 Å². The molecule has 1 aromatic carbocycles. The van der Waals surface area contributed by atoms with Crippen molar-refractivity contribution in [1.82, 2.24) is 0 Å². The van der Waals surface area contributed by atoms with Gasteiger partial charge in [0.15, 0.2) is 9.84 Å². The van der Waals surface area contributed by atoms with Gasteiger partial charge in [0.1, 0.15) is 5.75 Å². The molecule has 0 aliphatic carbocycles. The summed E-state index contributed by atoms with van der Waals surface area (Å²) in [5.74, 6) is 0.466. The molecule has 0 atom stereocenters. The van der Waals surface area contributed by atoms with E-state index >= 15 is 0 Å². The highest BCUT2D eigenvalue weighted by Gasteiger charge is 2.17. The number of nitrogens with two attached hydrogens (primary N) is 1. The number of sulfone groups is 1. The number of aryl methyl sites for hydroxylation is 1. The van der Waals surface area contributed by atoms with Gasteiger partial charge in [-0.1, -0.05) is 6.92 Å². The Labute approximate surface area is 90.0 Å². The minimum absolute atomic E-state index is 0.0703. The number of methoxy groups -OCH3 is 1. The Bertz CT molecular complexity index is 466. The molecule has 0 bridgehead atoms. The highest BCUT2D eigenvalue weighted by molar-refractivity contribution is 7.91. The summed E-state index contributed by atoms with van der Waals surface area (Å²) in [5.41, 5.74) is 6.76. The van der Waals surface area contributed by atoms with Crippen LogP contribution in [0.25, 0.3) is 0 Å². The van der Waals surface area contributed by atoms with Gasteiger partial charge in [0.25, 0.3) is 0 Å². The maximum absolute atomic E-state index is 11.7. The first-order valence-electron chi connectivity index (χ1n) is 4.59. The topological polar surface area (TPSA) is 69.4 Å². The Morgan fingerprint density at radius 3 is 2.47 bits per heavy atom. The van der Waals surface area contributed by atoms with Crippen LogP contribution in [0.4, 0.5) is 5.69 Å². The van der Waals surface area contributed by atoms with E-state index in [4.69, 9.17) is 10.5 Å². The summed E-state index contributed by atoms with van der Waals surface area (Å²) in [7, 11) is -1.75. The van der Waals surface area contributed by atoms with E-state index < -0.39 is 9.84 Å². The zero-order chi connectivity index (χ0) is 11.6. The Balaban J connectivity index is 3.44. The van der Waals surface area contributed by atoms with E-state index in [0.29, 0.717) is 17.0 Å². The molecule has 0 aliphatic rings. The van der Waals surface area contributed by atoms with Crippen molar-refractivity contribution in [2.45, 2.75) is 18.7 Å². The van der Waals surface area contributed by atoms with Gasteiger partial charge in [-0.15, -0.1) is 0 Å². The molecule has 0 unspecified atom stereocenters. The van der Waals surface area contributed by atoms with Gasteiger partial charge in [-0.3, -0.25) is 0 Å². The van der Waals surface area contributed by atoms with Crippen LogP contribution >= 0.6 is 0 Å². The van der Waals surface area contributed by atoms with Gasteiger partial charge in [-0.05, 0) is 18.6 Å². The number of rotatable bonds is 3. The Morgan fingerprint density at radius 2 is 2.00 bits per heavy atom. The van der Waals surface area contributed by atoms with Gasteiger partial charge in [0.05, 0.1) is 23.4 Å². The second kappa shape index (κ2) is 4.10. The Kier molecular flexibility index (Phi) is 3.24. The third kappa shape index (κ3) is 2.23. The lowest BCUT2D eigenvalue weighted by molar-refractivity contribution is 0.415. The summed E-state index contributed by atoms with van der Waals surface area (Å²) < 4.78 is 28.4. The molecule has 5 heteroatoms. The van der Waals surface area contributed by atoms with Crippen LogP contribution in [0.2, 0.25) is 0 Å². The van der Waals surface area contributed by atoms with E-state index in [2.05, 4.69) is 0 Å². The molecule has 0 aromatic heterocycles. The molecule has 0 spiro atoms. The van der Waals surface area contributed by atoms with Crippen LogP contribution in [-0.2, 0) is 9.84 Å². The molecular weight excluding hydrogens is 214 g/mol. The van der Waals surface area contributed by atoms with Crippen LogP contribution < -0.4 is 10.5 Å². The lowest BCUT2D eigenvalue weighted by Crippen LogP contribution is -2.07. The summed E-state index contributed by atoms with van der Waals surface area (Å²) in [6, 6.07) is 3.09. The summed E-state index contributed by atoms with van der Waals surface area (Å²) >= 11 is 0. The standard InChI is InChI=1S/C10H15NO3S/c1-4-15(12,13)10-6-9(14-3)8(11)5-7(10)2/h5-6H,4,11H2,1-3H3. The molecule has 1 aromatic rings. The first-order chi connectivity index (χ1) is 6.92. The van der Waals surface area contributed by atoms with Crippen LogP contribution in [0.3, 0.4) is 0 Å². The molecule has 2 N–H and O–H groups in total. The van der Waals surface area contributed by atoms with E-state index in [0.717, 1.165) is 0 Å². The van der Waals surface area contributed by atoms with Crippen molar-refractivity contribution in [3.8, 4) is 5.75 Å².